The molecule has 0 aromatic heterocycles. The molecule has 0 aliphatic rings. The minimum Gasteiger partial charge on any atom is -0.434 e. The van der Waals surface area contributed by atoms with Crippen LogP contribution in [0.2, 0.25) is 0 Å². The van der Waals surface area contributed by atoms with Crippen LogP contribution >= 0.6 is 0 Å². The van der Waals surface area contributed by atoms with Gasteiger partial charge in [0.2, 0.25) is 0 Å². The molecule has 13 heavy (non-hydrogen) atoms. The number of hydrogen-bond donors (Lipinski definition) is 0. The fourth-order valence-electron chi connectivity index (χ4n) is 0.587. The lowest BCUT2D eigenvalue weighted by Crippen LogP contribution is -2.15. The van der Waals surface area contributed by atoms with E-state index in [0.717, 1.165) is 13.3 Å². The lowest BCUT2D eigenvalue weighted by Gasteiger charge is -2.16. The lowest BCUT2D eigenvalue weighted by atomic mass is 9.93. The maximum absolute atomic E-state index is 10.7. The number of carbonyl (C=O) groups excluding carboxylic acids is 2. The maximum Gasteiger partial charge on any atom is 0.516 e. The van der Waals surface area contributed by atoms with Crippen molar-refractivity contribution in [3.05, 3.63) is 0 Å². The summed E-state index contributed by atoms with van der Waals surface area (Å²) >= 11 is 0. The summed E-state index contributed by atoms with van der Waals surface area (Å²) in [6.45, 7) is 7.53. The second-order valence-electron chi connectivity index (χ2n) is 4.00. The van der Waals surface area contributed by atoms with Crippen LogP contribution in [0.5, 0.6) is 0 Å². The first-order valence-corrected chi connectivity index (χ1v) is 4.16. The van der Waals surface area contributed by atoms with Gasteiger partial charge in [-0.3, -0.25) is 4.79 Å². The SMILES string of the molecule is CC(=O)OC(=O)OCCC(C)(C)C. The highest BCUT2D eigenvalue weighted by Crippen LogP contribution is 2.17. The zero-order chi connectivity index (χ0) is 10.5. The van der Waals surface area contributed by atoms with E-state index in [4.69, 9.17) is 0 Å². The van der Waals surface area contributed by atoms with E-state index in [9.17, 15) is 9.59 Å². The zero-order valence-electron chi connectivity index (χ0n) is 8.55. The summed E-state index contributed by atoms with van der Waals surface area (Å²) in [6, 6.07) is 0. The van der Waals surface area contributed by atoms with Crippen molar-refractivity contribution in [1.29, 1.82) is 0 Å². The quantitative estimate of drug-likeness (QED) is 0.492. The molecule has 76 valence electrons. The van der Waals surface area contributed by atoms with Gasteiger partial charge in [0.15, 0.2) is 0 Å². The van der Waals surface area contributed by atoms with Crippen molar-refractivity contribution in [2.45, 2.75) is 34.1 Å². The molecular weight excluding hydrogens is 172 g/mol. The molecule has 0 rings (SSSR count). The summed E-state index contributed by atoms with van der Waals surface area (Å²) in [5.41, 5.74) is 0.108. The average molecular weight is 188 g/mol. The molecule has 0 radical (unpaired) electrons. The molecule has 0 aromatic rings. The molecule has 0 saturated carbocycles. The standard InChI is InChI=1S/C9H16O4/c1-7(10)13-8(11)12-6-5-9(2,3)4/h5-6H2,1-4H3. The van der Waals surface area contributed by atoms with E-state index in [1.807, 2.05) is 20.8 Å². The maximum atomic E-state index is 10.7. The average Bonchev–Trinajstić information content (AvgIpc) is 1.81. The van der Waals surface area contributed by atoms with Gasteiger partial charge in [-0.15, -0.1) is 0 Å². The van der Waals surface area contributed by atoms with Gasteiger partial charge in [-0.05, 0) is 11.8 Å². The van der Waals surface area contributed by atoms with Gasteiger partial charge in [-0.1, -0.05) is 20.8 Å². The van der Waals surface area contributed by atoms with Crippen LogP contribution in [-0.4, -0.2) is 18.7 Å². The Morgan fingerprint density at radius 3 is 2.15 bits per heavy atom. The Morgan fingerprint density at radius 1 is 1.23 bits per heavy atom. The summed E-state index contributed by atoms with van der Waals surface area (Å²) in [5.74, 6) is -0.652. The Labute approximate surface area is 78.2 Å². The third-order valence-electron chi connectivity index (χ3n) is 1.30. The number of esters is 1. The molecule has 0 heterocycles. The molecule has 0 spiro atoms. The van der Waals surface area contributed by atoms with Gasteiger partial charge in [-0.25, -0.2) is 4.79 Å². The van der Waals surface area contributed by atoms with E-state index < -0.39 is 12.1 Å². The van der Waals surface area contributed by atoms with Gasteiger partial charge >= 0.3 is 12.1 Å². The second-order valence-corrected chi connectivity index (χ2v) is 4.00. The minimum atomic E-state index is -0.920. The van der Waals surface area contributed by atoms with Gasteiger partial charge in [0.05, 0.1) is 6.61 Å². The fraction of sp³-hybridized carbons (Fsp3) is 0.778. The molecule has 0 atom stereocenters. The predicted molar refractivity (Wildman–Crippen MR) is 47.2 cm³/mol. The summed E-state index contributed by atoms with van der Waals surface area (Å²) < 4.78 is 8.81. The highest BCUT2D eigenvalue weighted by molar-refractivity contribution is 5.79. The Balaban J connectivity index is 3.54. The van der Waals surface area contributed by atoms with Crippen LogP contribution < -0.4 is 0 Å². The van der Waals surface area contributed by atoms with Crippen LogP contribution in [0.15, 0.2) is 0 Å². The monoisotopic (exact) mass is 188 g/mol. The fourth-order valence-corrected chi connectivity index (χ4v) is 0.587. The van der Waals surface area contributed by atoms with Crippen LogP contribution in [0, 0.1) is 5.41 Å². The van der Waals surface area contributed by atoms with Crippen LogP contribution in [0.25, 0.3) is 0 Å². The molecule has 0 aliphatic carbocycles. The Hall–Kier alpha value is -1.06. The van der Waals surface area contributed by atoms with Crippen molar-refractivity contribution in [1.82, 2.24) is 0 Å². The van der Waals surface area contributed by atoms with Crippen LogP contribution in [0.3, 0.4) is 0 Å². The van der Waals surface area contributed by atoms with Crippen LogP contribution in [0.4, 0.5) is 4.79 Å². The Bertz CT molecular complexity index is 190. The van der Waals surface area contributed by atoms with Crippen molar-refractivity contribution >= 4 is 12.1 Å². The van der Waals surface area contributed by atoms with Crippen LogP contribution in [-0.2, 0) is 14.3 Å². The van der Waals surface area contributed by atoms with Gasteiger partial charge in [0.25, 0.3) is 0 Å². The second kappa shape index (κ2) is 4.84. The van der Waals surface area contributed by atoms with Crippen molar-refractivity contribution in [2.24, 2.45) is 5.41 Å². The lowest BCUT2D eigenvalue weighted by molar-refractivity contribution is -0.137. The molecule has 4 heteroatoms. The van der Waals surface area contributed by atoms with Gasteiger partial charge in [0.1, 0.15) is 0 Å². The first-order chi connectivity index (χ1) is 5.81. The third-order valence-corrected chi connectivity index (χ3v) is 1.30. The van der Waals surface area contributed by atoms with Gasteiger partial charge < -0.3 is 9.47 Å². The van der Waals surface area contributed by atoms with E-state index >= 15 is 0 Å². The highest BCUT2D eigenvalue weighted by atomic mass is 16.7. The van der Waals surface area contributed by atoms with Crippen molar-refractivity contribution in [3.8, 4) is 0 Å². The van der Waals surface area contributed by atoms with Gasteiger partial charge in [-0.2, -0.15) is 0 Å². The first kappa shape index (κ1) is 11.9. The molecule has 0 aromatic carbocycles. The smallest absolute Gasteiger partial charge is 0.434 e. The minimum absolute atomic E-state index is 0.108. The van der Waals surface area contributed by atoms with Crippen molar-refractivity contribution in [2.75, 3.05) is 6.61 Å². The molecule has 0 N–H and O–H groups in total. The zero-order valence-corrected chi connectivity index (χ0v) is 8.55. The molecule has 0 fully saturated rings. The number of hydrogen-bond acceptors (Lipinski definition) is 4. The summed E-state index contributed by atoms with van der Waals surface area (Å²) in [4.78, 5) is 21.0. The van der Waals surface area contributed by atoms with E-state index in [0.29, 0.717) is 0 Å². The summed E-state index contributed by atoms with van der Waals surface area (Å²) in [7, 11) is 0. The number of rotatable bonds is 2. The van der Waals surface area contributed by atoms with Crippen LogP contribution in [0.1, 0.15) is 34.1 Å². The Kier molecular flexibility index (Phi) is 4.45. The normalized spacial score (nSPS) is 10.8. The summed E-state index contributed by atoms with van der Waals surface area (Å²) in [5, 5.41) is 0. The van der Waals surface area contributed by atoms with Gasteiger partial charge in [0, 0.05) is 6.92 Å². The van der Waals surface area contributed by atoms with E-state index in [1.54, 1.807) is 0 Å². The largest absolute Gasteiger partial charge is 0.516 e. The van der Waals surface area contributed by atoms with E-state index in [-0.39, 0.29) is 12.0 Å². The molecular formula is C9H16O4. The molecule has 0 saturated heterocycles. The topological polar surface area (TPSA) is 52.6 Å². The molecule has 0 aliphatic heterocycles. The van der Waals surface area contributed by atoms with E-state index in [1.165, 1.54) is 0 Å². The highest BCUT2D eigenvalue weighted by Gasteiger charge is 2.12. The molecule has 4 nitrogen and oxygen atoms in total. The first-order valence-electron chi connectivity index (χ1n) is 4.16. The molecule has 0 unspecified atom stereocenters. The van der Waals surface area contributed by atoms with Crippen molar-refractivity contribution in [3.63, 3.8) is 0 Å². The molecule has 0 amide bonds. The number of ether oxygens (including phenoxy) is 2. The molecule has 0 bridgehead atoms. The third kappa shape index (κ3) is 8.85. The number of carbonyl (C=O) groups is 2. The Morgan fingerprint density at radius 2 is 1.77 bits per heavy atom. The predicted octanol–water partition coefficient (Wildman–Crippen LogP) is 2.12. The van der Waals surface area contributed by atoms with Crippen molar-refractivity contribution < 1.29 is 19.1 Å². The van der Waals surface area contributed by atoms with E-state index in [2.05, 4.69) is 9.47 Å². The summed E-state index contributed by atoms with van der Waals surface area (Å²) in [6.07, 6.45) is -0.184.